The van der Waals surface area contributed by atoms with E-state index in [1.165, 1.54) is 5.56 Å². The van der Waals surface area contributed by atoms with Crippen LogP contribution in [0.5, 0.6) is 0 Å². The lowest BCUT2D eigenvalue weighted by Crippen LogP contribution is -2.44. The van der Waals surface area contributed by atoms with Crippen LogP contribution >= 0.6 is 0 Å². The van der Waals surface area contributed by atoms with Gasteiger partial charge in [-0.2, -0.15) is 4.57 Å². The van der Waals surface area contributed by atoms with Gasteiger partial charge in [0.1, 0.15) is 0 Å². The number of aryl methyl sites for hydroxylation is 1. The zero-order chi connectivity index (χ0) is 18.4. The third kappa shape index (κ3) is 4.17. The molecule has 3 rings (SSSR count). The van der Waals surface area contributed by atoms with Crippen molar-refractivity contribution >= 4 is 11.6 Å². The Morgan fingerprint density at radius 3 is 2.31 bits per heavy atom. The quantitative estimate of drug-likeness (QED) is 0.640. The van der Waals surface area contributed by atoms with Crippen LogP contribution in [-0.2, 0) is 11.2 Å². The predicted molar refractivity (Wildman–Crippen MR) is 106 cm³/mol. The van der Waals surface area contributed by atoms with Gasteiger partial charge in [-0.1, -0.05) is 61.9 Å². The summed E-state index contributed by atoms with van der Waals surface area (Å²) in [7, 11) is 0. The number of hydrogen-bond donors (Lipinski definition) is 1. The number of nitrogens with zero attached hydrogens (tertiary/aromatic N) is 1. The van der Waals surface area contributed by atoms with Crippen molar-refractivity contribution in [3.63, 3.8) is 0 Å². The van der Waals surface area contributed by atoms with Gasteiger partial charge in [0.25, 0.3) is 5.91 Å². The highest BCUT2D eigenvalue weighted by Crippen LogP contribution is 2.27. The Bertz CT molecular complexity index is 857. The number of carbonyl (C=O) groups excluding carboxylic acids is 1. The van der Waals surface area contributed by atoms with E-state index in [1.54, 1.807) is 0 Å². The SMILES string of the molecule is CCCc1cc[n+]([C@H](C)C(=O)Nc2ccccc2-c2ccccc2)cc1. The summed E-state index contributed by atoms with van der Waals surface area (Å²) in [6.07, 6.45) is 6.15. The molecular weight excluding hydrogens is 320 g/mol. The van der Waals surface area contributed by atoms with Crippen LogP contribution in [0.4, 0.5) is 5.69 Å². The lowest BCUT2D eigenvalue weighted by Gasteiger charge is -2.13. The molecule has 1 aromatic heterocycles. The van der Waals surface area contributed by atoms with Gasteiger partial charge < -0.3 is 5.32 Å². The van der Waals surface area contributed by atoms with Crippen LogP contribution in [-0.4, -0.2) is 5.91 Å². The molecule has 0 aliphatic heterocycles. The van der Waals surface area contributed by atoms with Gasteiger partial charge in [-0.3, -0.25) is 4.79 Å². The number of amides is 1. The summed E-state index contributed by atoms with van der Waals surface area (Å²) in [5.74, 6) is -0.0263. The van der Waals surface area contributed by atoms with E-state index in [2.05, 4.69) is 36.5 Å². The fourth-order valence-electron chi connectivity index (χ4n) is 3.02. The molecule has 1 heterocycles. The highest BCUT2D eigenvalue weighted by atomic mass is 16.2. The first-order chi connectivity index (χ1) is 12.7. The molecule has 3 nitrogen and oxygen atoms in total. The molecule has 0 bridgehead atoms. The molecule has 132 valence electrons. The van der Waals surface area contributed by atoms with Crippen LogP contribution in [0.1, 0.15) is 31.9 Å². The van der Waals surface area contributed by atoms with E-state index in [9.17, 15) is 4.79 Å². The molecule has 0 fully saturated rings. The van der Waals surface area contributed by atoms with Crippen LogP contribution in [0.2, 0.25) is 0 Å². The van der Waals surface area contributed by atoms with Crippen LogP contribution in [0.3, 0.4) is 0 Å². The molecule has 0 spiro atoms. The maximum Gasteiger partial charge on any atom is 0.293 e. The smallest absolute Gasteiger partial charge is 0.293 e. The number of carbonyl (C=O) groups is 1. The molecule has 1 N–H and O–H groups in total. The number of hydrogen-bond acceptors (Lipinski definition) is 1. The van der Waals surface area contributed by atoms with Crippen molar-refractivity contribution in [1.82, 2.24) is 0 Å². The Kier molecular flexibility index (Phi) is 5.80. The zero-order valence-electron chi connectivity index (χ0n) is 15.4. The lowest BCUT2D eigenvalue weighted by atomic mass is 10.0. The molecule has 2 aromatic carbocycles. The number of pyridine rings is 1. The molecule has 26 heavy (non-hydrogen) atoms. The number of aromatic nitrogens is 1. The minimum atomic E-state index is -0.283. The van der Waals surface area contributed by atoms with Crippen molar-refractivity contribution in [2.24, 2.45) is 0 Å². The highest BCUT2D eigenvalue weighted by molar-refractivity contribution is 5.96. The summed E-state index contributed by atoms with van der Waals surface area (Å²) in [4.78, 5) is 12.8. The summed E-state index contributed by atoms with van der Waals surface area (Å²) in [6, 6.07) is 21.9. The molecule has 0 aliphatic carbocycles. The van der Waals surface area contributed by atoms with Gasteiger partial charge in [-0.15, -0.1) is 0 Å². The second-order valence-corrected chi connectivity index (χ2v) is 6.48. The number of para-hydroxylation sites is 1. The maximum atomic E-state index is 12.8. The first-order valence-corrected chi connectivity index (χ1v) is 9.14. The van der Waals surface area contributed by atoms with E-state index in [1.807, 2.05) is 66.3 Å². The van der Waals surface area contributed by atoms with Crippen LogP contribution < -0.4 is 9.88 Å². The van der Waals surface area contributed by atoms with E-state index >= 15 is 0 Å². The van der Waals surface area contributed by atoms with Gasteiger partial charge in [0, 0.05) is 30.3 Å². The van der Waals surface area contributed by atoms with Crippen molar-refractivity contribution in [1.29, 1.82) is 0 Å². The van der Waals surface area contributed by atoms with E-state index in [0.717, 1.165) is 29.7 Å². The molecule has 0 saturated heterocycles. The topological polar surface area (TPSA) is 33.0 Å². The van der Waals surface area contributed by atoms with Crippen LogP contribution in [0.25, 0.3) is 11.1 Å². The number of rotatable bonds is 6. The Morgan fingerprint density at radius 2 is 1.62 bits per heavy atom. The summed E-state index contributed by atoms with van der Waals surface area (Å²) in [5, 5.41) is 3.09. The average molecular weight is 345 g/mol. The molecule has 3 aromatic rings. The van der Waals surface area contributed by atoms with E-state index in [4.69, 9.17) is 0 Å². The van der Waals surface area contributed by atoms with E-state index in [0.29, 0.717) is 0 Å². The minimum Gasteiger partial charge on any atom is -0.320 e. The number of benzene rings is 2. The van der Waals surface area contributed by atoms with Crippen LogP contribution in [0, 0.1) is 0 Å². The van der Waals surface area contributed by atoms with E-state index in [-0.39, 0.29) is 11.9 Å². The molecule has 0 unspecified atom stereocenters. The molecule has 0 radical (unpaired) electrons. The van der Waals surface area contributed by atoms with Crippen molar-refractivity contribution in [3.8, 4) is 11.1 Å². The standard InChI is InChI=1S/C23H24N2O/c1-3-9-19-14-16-25(17-15-19)18(2)23(26)24-22-13-8-7-12-21(22)20-10-5-4-6-11-20/h4-8,10-18H,3,9H2,1-2H3/p+1/t18-/m1/s1. The Hall–Kier alpha value is -2.94. The minimum absolute atomic E-state index is 0.0263. The van der Waals surface area contributed by atoms with Gasteiger partial charge in [0.2, 0.25) is 6.04 Å². The molecular formula is C23H25N2O+. The van der Waals surface area contributed by atoms with Crippen molar-refractivity contribution in [2.45, 2.75) is 32.7 Å². The Balaban J connectivity index is 1.78. The van der Waals surface area contributed by atoms with Crippen molar-refractivity contribution < 1.29 is 9.36 Å². The van der Waals surface area contributed by atoms with Gasteiger partial charge >= 0.3 is 0 Å². The number of anilines is 1. The predicted octanol–water partition coefficient (Wildman–Crippen LogP) is 4.79. The molecule has 0 aliphatic rings. The maximum absolute atomic E-state index is 12.8. The van der Waals surface area contributed by atoms with Crippen LogP contribution in [0.15, 0.2) is 79.1 Å². The fourth-order valence-corrected chi connectivity index (χ4v) is 3.02. The van der Waals surface area contributed by atoms with Crippen molar-refractivity contribution in [3.05, 3.63) is 84.7 Å². The first kappa shape index (κ1) is 17.9. The monoisotopic (exact) mass is 345 g/mol. The highest BCUT2D eigenvalue weighted by Gasteiger charge is 2.22. The molecule has 1 atom stereocenters. The van der Waals surface area contributed by atoms with Gasteiger partial charge in [-0.05, 0) is 23.6 Å². The van der Waals surface area contributed by atoms with Crippen molar-refractivity contribution in [2.75, 3.05) is 5.32 Å². The summed E-state index contributed by atoms with van der Waals surface area (Å²) in [6.45, 7) is 4.08. The Labute approximate surface area is 155 Å². The third-order valence-electron chi connectivity index (χ3n) is 4.56. The van der Waals surface area contributed by atoms with Gasteiger partial charge in [0.15, 0.2) is 12.4 Å². The second-order valence-electron chi connectivity index (χ2n) is 6.48. The summed E-state index contributed by atoms with van der Waals surface area (Å²) >= 11 is 0. The summed E-state index contributed by atoms with van der Waals surface area (Å²) < 4.78 is 1.94. The molecule has 1 amide bonds. The molecule has 3 heteroatoms. The normalized spacial score (nSPS) is 11.8. The largest absolute Gasteiger partial charge is 0.320 e. The Morgan fingerprint density at radius 1 is 0.962 bits per heavy atom. The van der Waals surface area contributed by atoms with Gasteiger partial charge in [-0.25, -0.2) is 0 Å². The first-order valence-electron chi connectivity index (χ1n) is 9.14. The number of nitrogens with one attached hydrogen (secondary N) is 1. The lowest BCUT2D eigenvalue weighted by molar-refractivity contribution is -0.705. The van der Waals surface area contributed by atoms with E-state index < -0.39 is 0 Å². The molecule has 0 saturated carbocycles. The van der Waals surface area contributed by atoms with Gasteiger partial charge in [0.05, 0.1) is 0 Å². The average Bonchev–Trinajstić information content (AvgIpc) is 2.69. The summed E-state index contributed by atoms with van der Waals surface area (Å²) in [5.41, 5.74) is 4.24. The second kappa shape index (κ2) is 8.43. The zero-order valence-corrected chi connectivity index (χ0v) is 15.4. The third-order valence-corrected chi connectivity index (χ3v) is 4.56. The fraction of sp³-hybridized carbons (Fsp3) is 0.217.